The molecule has 0 bridgehead atoms. The van der Waals surface area contributed by atoms with Crippen LogP contribution in [0.25, 0.3) is 0 Å². The number of alkyl halides is 3. The first-order valence-corrected chi connectivity index (χ1v) is 8.89. The van der Waals surface area contributed by atoms with Gasteiger partial charge >= 0.3 is 12.1 Å². The van der Waals surface area contributed by atoms with Gasteiger partial charge in [0.1, 0.15) is 5.69 Å². The maximum Gasteiger partial charge on any atom is 0.490 e. The van der Waals surface area contributed by atoms with E-state index in [1.165, 1.54) is 0 Å². The van der Waals surface area contributed by atoms with Crippen LogP contribution in [0.2, 0.25) is 0 Å². The first kappa shape index (κ1) is 20.6. The predicted molar refractivity (Wildman–Crippen MR) is 96.4 cm³/mol. The number of aromatic nitrogens is 3. The van der Waals surface area contributed by atoms with Crippen LogP contribution >= 0.6 is 0 Å². The van der Waals surface area contributed by atoms with Gasteiger partial charge in [0, 0.05) is 45.3 Å². The van der Waals surface area contributed by atoms with Crippen molar-refractivity contribution in [2.45, 2.75) is 24.6 Å². The van der Waals surface area contributed by atoms with Crippen molar-refractivity contribution in [3.05, 3.63) is 42.5 Å². The highest BCUT2D eigenvalue weighted by molar-refractivity contribution is 5.93. The van der Waals surface area contributed by atoms with Crippen molar-refractivity contribution >= 4 is 17.8 Å². The average Bonchev–Trinajstić information content (AvgIpc) is 3.29. The molecule has 0 saturated carbocycles. The predicted octanol–water partition coefficient (Wildman–Crippen LogP) is 1.94. The fourth-order valence-electron chi connectivity index (χ4n) is 3.58. The molecule has 2 fully saturated rings. The topological polar surface area (TPSA) is 91.6 Å². The number of carboxylic acids is 1. The maximum atomic E-state index is 12.7. The zero-order valence-corrected chi connectivity index (χ0v) is 15.6. The Labute approximate surface area is 164 Å². The van der Waals surface area contributed by atoms with E-state index in [1.54, 1.807) is 12.4 Å². The van der Waals surface area contributed by atoms with E-state index in [2.05, 4.69) is 14.9 Å². The lowest BCUT2D eigenvalue weighted by Gasteiger charge is -2.50. The Kier molecular flexibility index (Phi) is 5.49. The smallest absolute Gasteiger partial charge is 0.475 e. The Bertz CT molecular complexity index is 886. The molecule has 11 heteroatoms. The van der Waals surface area contributed by atoms with Crippen molar-refractivity contribution in [3.8, 4) is 0 Å². The van der Waals surface area contributed by atoms with E-state index in [1.807, 2.05) is 40.9 Å². The average molecular weight is 411 g/mol. The highest BCUT2D eigenvalue weighted by Gasteiger charge is 2.51. The third-order valence-corrected chi connectivity index (χ3v) is 5.19. The van der Waals surface area contributed by atoms with Crippen LogP contribution in [0.3, 0.4) is 0 Å². The number of halogens is 3. The molecule has 2 aromatic heterocycles. The van der Waals surface area contributed by atoms with Gasteiger partial charge in [-0.05, 0) is 31.0 Å². The number of aliphatic carboxylic acids is 1. The standard InChI is InChI=1S/C16H19N5O.C2HF3O2/c1-19-9-2-4-13(19)14(22)20-10-5-16(12-20)6-11-21(16)15-17-7-3-8-18-15;3-2(4,5)1(6)7/h2-4,7-9H,5-6,10-12H2,1H3;(H,6,7). The molecule has 2 aliphatic rings. The number of hydrogen-bond acceptors (Lipinski definition) is 5. The van der Waals surface area contributed by atoms with Crippen LogP contribution in [-0.2, 0) is 11.8 Å². The van der Waals surface area contributed by atoms with Crippen LogP contribution in [0.5, 0.6) is 0 Å². The van der Waals surface area contributed by atoms with Gasteiger partial charge in [0.25, 0.3) is 5.91 Å². The fraction of sp³-hybridized carbons (Fsp3) is 0.444. The number of nitrogens with zero attached hydrogens (tertiary/aromatic N) is 5. The molecule has 1 atom stereocenters. The molecular formula is C18H20F3N5O3. The number of likely N-dealkylation sites (tertiary alicyclic amines) is 1. The summed E-state index contributed by atoms with van der Waals surface area (Å²) in [4.78, 5) is 34.5. The van der Waals surface area contributed by atoms with E-state index in [9.17, 15) is 18.0 Å². The number of aryl methyl sites for hydroxylation is 1. The summed E-state index contributed by atoms with van der Waals surface area (Å²) >= 11 is 0. The lowest BCUT2D eigenvalue weighted by Crippen LogP contribution is -2.62. The summed E-state index contributed by atoms with van der Waals surface area (Å²) in [5, 5.41) is 7.12. The molecule has 2 aliphatic heterocycles. The van der Waals surface area contributed by atoms with Crippen molar-refractivity contribution < 1.29 is 27.9 Å². The third-order valence-electron chi connectivity index (χ3n) is 5.19. The Hall–Kier alpha value is -3.11. The molecule has 0 aliphatic carbocycles. The summed E-state index contributed by atoms with van der Waals surface area (Å²) in [5.74, 6) is -1.86. The first-order valence-electron chi connectivity index (χ1n) is 8.89. The highest BCUT2D eigenvalue weighted by Crippen LogP contribution is 2.41. The van der Waals surface area contributed by atoms with E-state index < -0.39 is 12.1 Å². The molecule has 1 N–H and O–H groups in total. The minimum atomic E-state index is -5.08. The van der Waals surface area contributed by atoms with E-state index in [-0.39, 0.29) is 11.4 Å². The Morgan fingerprint density at radius 1 is 1.14 bits per heavy atom. The number of carbonyl (C=O) groups is 2. The van der Waals surface area contributed by atoms with Crippen LogP contribution in [0.1, 0.15) is 23.3 Å². The quantitative estimate of drug-likeness (QED) is 0.812. The summed E-state index contributed by atoms with van der Waals surface area (Å²) < 4.78 is 33.6. The number of carboxylic acid groups (broad SMARTS) is 1. The van der Waals surface area contributed by atoms with Crippen molar-refractivity contribution in [2.75, 3.05) is 24.5 Å². The molecule has 1 unspecified atom stereocenters. The van der Waals surface area contributed by atoms with E-state index in [4.69, 9.17) is 9.90 Å². The second-order valence-electron chi connectivity index (χ2n) is 6.96. The number of anilines is 1. The van der Waals surface area contributed by atoms with Crippen LogP contribution in [-0.4, -0.2) is 67.8 Å². The van der Waals surface area contributed by atoms with Gasteiger partial charge in [-0.15, -0.1) is 0 Å². The number of rotatable bonds is 2. The Morgan fingerprint density at radius 3 is 2.24 bits per heavy atom. The van der Waals surface area contributed by atoms with Crippen LogP contribution in [0.4, 0.5) is 19.1 Å². The van der Waals surface area contributed by atoms with Gasteiger partial charge in [0.2, 0.25) is 5.95 Å². The first-order chi connectivity index (χ1) is 13.6. The molecule has 1 spiro atoms. The Balaban J connectivity index is 0.000000298. The lowest BCUT2D eigenvalue weighted by molar-refractivity contribution is -0.192. The van der Waals surface area contributed by atoms with E-state index >= 15 is 0 Å². The van der Waals surface area contributed by atoms with Crippen LogP contribution < -0.4 is 4.90 Å². The minimum absolute atomic E-state index is 0.0299. The normalized spacial score (nSPS) is 20.8. The maximum absolute atomic E-state index is 12.7. The van der Waals surface area contributed by atoms with Gasteiger partial charge in [-0.2, -0.15) is 13.2 Å². The van der Waals surface area contributed by atoms with Gasteiger partial charge in [-0.25, -0.2) is 14.8 Å². The number of amides is 1. The van der Waals surface area contributed by atoms with Gasteiger partial charge in [0.05, 0.1) is 5.54 Å². The number of hydrogen-bond donors (Lipinski definition) is 1. The van der Waals surface area contributed by atoms with Crippen LogP contribution in [0, 0.1) is 0 Å². The van der Waals surface area contributed by atoms with Crippen molar-refractivity contribution in [3.63, 3.8) is 0 Å². The third kappa shape index (κ3) is 4.17. The highest BCUT2D eigenvalue weighted by atomic mass is 19.4. The second-order valence-corrected chi connectivity index (χ2v) is 6.96. The van der Waals surface area contributed by atoms with Crippen molar-refractivity contribution in [1.29, 1.82) is 0 Å². The minimum Gasteiger partial charge on any atom is -0.475 e. The van der Waals surface area contributed by atoms with Crippen molar-refractivity contribution in [1.82, 2.24) is 19.4 Å². The number of carbonyl (C=O) groups excluding carboxylic acids is 1. The zero-order valence-electron chi connectivity index (χ0n) is 15.6. The molecule has 8 nitrogen and oxygen atoms in total. The monoisotopic (exact) mass is 411 g/mol. The molecule has 156 valence electrons. The summed E-state index contributed by atoms with van der Waals surface area (Å²) in [7, 11) is 1.91. The van der Waals surface area contributed by atoms with Gasteiger partial charge in [0.15, 0.2) is 0 Å². The fourth-order valence-corrected chi connectivity index (χ4v) is 3.58. The van der Waals surface area contributed by atoms with Crippen molar-refractivity contribution in [2.24, 2.45) is 7.05 Å². The SMILES string of the molecule is Cn1cccc1C(=O)N1CCC2(CCN2c2ncccn2)C1.O=C(O)C(F)(F)F. The van der Waals surface area contributed by atoms with E-state index in [0.717, 1.165) is 44.1 Å². The van der Waals surface area contributed by atoms with E-state index in [0.29, 0.717) is 0 Å². The molecule has 4 rings (SSSR count). The van der Waals surface area contributed by atoms with Gasteiger partial charge in [-0.1, -0.05) is 0 Å². The molecular weight excluding hydrogens is 391 g/mol. The summed E-state index contributed by atoms with van der Waals surface area (Å²) in [6.45, 7) is 2.53. The zero-order chi connectivity index (χ0) is 21.2. The second kappa shape index (κ2) is 7.72. The van der Waals surface area contributed by atoms with Crippen LogP contribution in [0.15, 0.2) is 36.8 Å². The molecule has 29 heavy (non-hydrogen) atoms. The largest absolute Gasteiger partial charge is 0.490 e. The van der Waals surface area contributed by atoms with Gasteiger partial charge < -0.3 is 19.5 Å². The lowest BCUT2D eigenvalue weighted by atomic mass is 9.84. The molecule has 4 heterocycles. The molecule has 1 amide bonds. The Morgan fingerprint density at radius 2 is 1.76 bits per heavy atom. The molecule has 2 aromatic rings. The summed E-state index contributed by atoms with van der Waals surface area (Å²) in [6.07, 6.45) is 2.46. The molecule has 0 radical (unpaired) electrons. The van der Waals surface area contributed by atoms with Gasteiger partial charge in [-0.3, -0.25) is 4.79 Å². The summed E-state index contributed by atoms with van der Waals surface area (Å²) in [6, 6.07) is 5.62. The molecule has 2 saturated heterocycles. The summed E-state index contributed by atoms with van der Waals surface area (Å²) in [5.41, 5.74) is 0.779. The molecule has 0 aromatic carbocycles.